The minimum Gasteiger partial charge on any atom is -0.355 e. The summed E-state index contributed by atoms with van der Waals surface area (Å²) in [6.07, 6.45) is 0.963. The molecule has 90 valence electrons. The second-order valence-electron chi connectivity index (χ2n) is 3.85. The molecule has 1 fully saturated rings. The molecule has 16 heavy (non-hydrogen) atoms. The van der Waals surface area contributed by atoms with Gasteiger partial charge in [-0.25, -0.2) is 0 Å². The van der Waals surface area contributed by atoms with E-state index in [-0.39, 0.29) is 24.1 Å². The van der Waals surface area contributed by atoms with Gasteiger partial charge in [0.2, 0.25) is 17.7 Å². The third kappa shape index (κ3) is 3.30. The van der Waals surface area contributed by atoms with Crippen molar-refractivity contribution in [3.05, 3.63) is 0 Å². The van der Waals surface area contributed by atoms with Gasteiger partial charge in [-0.1, -0.05) is 6.92 Å². The number of carbonyl (C=O) groups excluding carboxylic acids is 3. The van der Waals surface area contributed by atoms with Crippen molar-refractivity contribution in [2.75, 3.05) is 6.54 Å². The van der Waals surface area contributed by atoms with Crippen molar-refractivity contribution in [3.63, 3.8) is 0 Å². The van der Waals surface area contributed by atoms with Gasteiger partial charge in [0, 0.05) is 6.54 Å². The SMILES string of the molecule is CCCNC(=O)C(C)NC1CC(=O)NC1=O. The first kappa shape index (κ1) is 12.6. The van der Waals surface area contributed by atoms with Crippen LogP contribution in [0.3, 0.4) is 0 Å². The molecule has 0 spiro atoms. The Morgan fingerprint density at radius 1 is 1.56 bits per heavy atom. The highest BCUT2D eigenvalue weighted by molar-refractivity contribution is 6.05. The molecule has 6 heteroatoms. The van der Waals surface area contributed by atoms with Crippen molar-refractivity contribution in [1.29, 1.82) is 0 Å². The van der Waals surface area contributed by atoms with Crippen molar-refractivity contribution in [1.82, 2.24) is 16.0 Å². The molecule has 0 bridgehead atoms. The van der Waals surface area contributed by atoms with Crippen LogP contribution < -0.4 is 16.0 Å². The average molecular weight is 227 g/mol. The summed E-state index contributed by atoms with van der Waals surface area (Å²) in [5.41, 5.74) is 0. The average Bonchev–Trinajstić information content (AvgIpc) is 2.53. The van der Waals surface area contributed by atoms with Crippen molar-refractivity contribution in [2.24, 2.45) is 0 Å². The molecule has 0 saturated carbocycles. The minimum atomic E-state index is -0.588. The Labute approximate surface area is 94.2 Å². The summed E-state index contributed by atoms with van der Waals surface area (Å²) in [6.45, 7) is 4.24. The number of rotatable bonds is 5. The maximum absolute atomic E-state index is 11.5. The van der Waals surface area contributed by atoms with Crippen LogP contribution in [0.4, 0.5) is 0 Å². The minimum absolute atomic E-state index is 0.101. The van der Waals surface area contributed by atoms with Crippen molar-refractivity contribution in [3.8, 4) is 0 Å². The van der Waals surface area contributed by atoms with Gasteiger partial charge >= 0.3 is 0 Å². The molecule has 1 aliphatic heterocycles. The number of hydrogen-bond acceptors (Lipinski definition) is 4. The van der Waals surface area contributed by atoms with E-state index >= 15 is 0 Å². The first-order valence-corrected chi connectivity index (χ1v) is 5.42. The van der Waals surface area contributed by atoms with Crippen molar-refractivity contribution < 1.29 is 14.4 Å². The lowest BCUT2D eigenvalue weighted by molar-refractivity contribution is -0.125. The second kappa shape index (κ2) is 5.60. The predicted octanol–water partition coefficient (Wildman–Crippen LogP) is -1.09. The van der Waals surface area contributed by atoms with Crippen LogP contribution in [0.1, 0.15) is 26.7 Å². The lowest BCUT2D eigenvalue weighted by atomic mass is 10.2. The van der Waals surface area contributed by atoms with Crippen LogP contribution in [0.5, 0.6) is 0 Å². The number of imide groups is 1. The third-order valence-corrected chi connectivity index (χ3v) is 2.36. The van der Waals surface area contributed by atoms with Gasteiger partial charge in [-0.2, -0.15) is 0 Å². The van der Waals surface area contributed by atoms with Crippen LogP contribution in [0.2, 0.25) is 0 Å². The van der Waals surface area contributed by atoms with Gasteiger partial charge in [-0.15, -0.1) is 0 Å². The highest BCUT2D eigenvalue weighted by Crippen LogP contribution is 2.02. The quantitative estimate of drug-likeness (QED) is 0.521. The first-order chi connectivity index (χ1) is 7.54. The fourth-order valence-corrected chi connectivity index (χ4v) is 1.47. The van der Waals surface area contributed by atoms with Gasteiger partial charge in [-0.3, -0.25) is 25.0 Å². The van der Waals surface area contributed by atoms with Gasteiger partial charge in [0.15, 0.2) is 0 Å². The van der Waals surface area contributed by atoms with Gasteiger partial charge in [0.1, 0.15) is 0 Å². The lowest BCUT2D eigenvalue weighted by Crippen LogP contribution is -2.49. The fraction of sp³-hybridized carbons (Fsp3) is 0.700. The molecule has 3 amide bonds. The van der Waals surface area contributed by atoms with E-state index in [0.29, 0.717) is 6.54 Å². The van der Waals surface area contributed by atoms with Crippen LogP contribution >= 0.6 is 0 Å². The van der Waals surface area contributed by atoms with Gasteiger partial charge in [0.05, 0.1) is 18.5 Å². The van der Waals surface area contributed by atoms with E-state index in [4.69, 9.17) is 0 Å². The molecule has 0 aromatic carbocycles. The number of hydrogen-bond donors (Lipinski definition) is 3. The largest absolute Gasteiger partial charge is 0.355 e. The molecule has 2 atom stereocenters. The van der Waals surface area contributed by atoms with E-state index in [0.717, 1.165) is 6.42 Å². The molecule has 0 radical (unpaired) electrons. The summed E-state index contributed by atoms with van der Waals surface area (Å²) in [6, 6.07) is -1.07. The fourth-order valence-electron chi connectivity index (χ4n) is 1.47. The Bertz CT molecular complexity index is 304. The van der Waals surface area contributed by atoms with E-state index < -0.39 is 12.1 Å². The Morgan fingerprint density at radius 3 is 2.75 bits per heavy atom. The summed E-state index contributed by atoms with van der Waals surface area (Å²) in [5, 5.41) is 7.72. The number of amides is 3. The summed E-state index contributed by atoms with van der Waals surface area (Å²) >= 11 is 0. The molecule has 1 rings (SSSR count). The second-order valence-corrected chi connectivity index (χ2v) is 3.85. The Kier molecular flexibility index (Phi) is 4.42. The van der Waals surface area contributed by atoms with E-state index in [2.05, 4.69) is 16.0 Å². The van der Waals surface area contributed by atoms with Crippen LogP contribution in [-0.2, 0) is 14.4 Å². The van der Waals surface area contributed by atoms with Gasteiger partial charge in [0.25, 0.3) is 0 Å². The maximum Gasteiger partial charge on any atom is 0.244 e. The normalized spacial score (nSPS) is 21.8. The standard InChI is InChI=1S/C10H17N3O3/c1-3-4-11-9(15)6(2)12-7-5-8(14)13-10(7)16/h6-7,12H,3-5H2,1-2H3,(H,11,15)(H,13,14,16). The van der Waals surface area contributed by atoms with Crippen LogP contribution in [0.15, 0.2) is 0 Å². The molecule has 0 aromatic rings. The molecule has 1 saturated heterocycles. The van der Waals surface area contributed by atoms with Crippen LogP contribution in [-0.4, -0.2) is 36.3 Å². The van der Waals surface area contributed by atoms with Crippen LogP contribution in [0, 0.1) is 0 Å². The van der Waals surface area contributed by atoms with E-state index in [1.54, 1.807) is 6.92 Å². The molecule has 2 unspecified atom stereocenters. The van der Waals surface area contributed by atoms with Gasteiger partial charge in [-0.05, 0) is 13.3 Å². The Hall–Kier alpha value is -1.43. The van der Waals surface area contributed by atoms with E-state index in [1.807, 2.05) is 6.92 Å². The molecule has 0 aromatic heterocycles. The lowest BCUT2D eigenvalue weighted by Gasteiger charge is -2.16. The predicted molar refractivity (Wildman–Crippen MR) is 57.5 cm³/mol. The molecule has 1 aliphatic rings. The van der Waals surface area contributed by atoms with E-state index in [9.17, 15) is 14.4 Å². The summed E-state index contributed by atoms with van der Waals surface area (Å²) in [7, 11) is 0. The Morgan fingerprint density at radius 2 is 2.25 bits per heavy atom. The van der Waals surface area contributed by atoms with Crippen molar-refractivity contribution in [2.45, 2.75) is 38.8 Å². The zero-order valence-corrected chi connectivity index (χ0v) is 9.50. The molecule has 0 aliphatic carbocycles. The molecule has 1 heterocycles. The maximum atomic E-state index is 11.5. The number of nitrogens with one attached hydrogen (secondary N) is 3. The first-order valence-electron chi connectivity index (χ1n) is 5.42. The highest BCUT2D eigenvalue weighted by Gasteiger charge is 2.32. The molecular formula is C10H17N3O3. The van der Waals surface area contributed by atoms with E-state index in [1.165, 1.54) is 0 Å². The smallest absolute Gasteiger partial charge is 0.244 e. The third-order valence-electron chi connectivity index (χ3n) is 2.36. The molecular weight excluding hydrogens is 210 g/mol. The molecule has 3 N–H and O–H groups in total. The monoisotopic (exact) mass is 227 g/mol. The van der Waals surface area contributed by atoms with Gasteiger partial charge < -0.3 is 5.32 Å². The van der Waals surface area contributed by atoms with Crippen LogP contribution in [0.25, 0.3) is 0 Å². The zero-order chi connectivity index (χ0) is 12.1. The van der Waals surface area contributed by atoms with Crippen molar-refractivity contribution >= 4 is 17.7 Å². The number of carbonyl (C=O) groups is 3. The summed E-state index contributed by atoms with van der Waals surface area (Å²) in [4.78, 5) is 33.6. The Balaban J connectivity index is 2.39. The zero-order valence-electron chi connectivity index (χ0n) is 9.50. The topological polar surface area (TPSA) is 87.3 Å². The summed E-state index contributed by atoms with van der Waals surface area (Å²) in [5.74, 6) is -0.821. The highest BCUT2D eigenvalue weighted by atomic mass is 16.2. The molecule has 6 nitrogen and oxygen atoms in total. The summed E-state index contributed by atoms with van der Waals surface area (Å²) < 4.78 is 0.